The Kier molecular flexibility index (Phi) is 8.94. The van der Waals surface area contributed by atoms with Crippen molar-refractivity contribution in [1.82, 2.24) is 20.1 Å². The fourth-order valence-electron chi connectivity index (χ4n) is 5.33. The molecular formula is C28H40N4O2. The Hall–Kier alpha value is -2.44. The second-order valence-electron chi connectivity index (χ2n) is 10.1. The highest BCUT2D eigenvalue weighted by Crippen LogP contribution is 2.24. The van der Waals surface area contributed by atoms with Gasteiger partial charge in [-0.3, -0.25) is 9.78 Å². The number of carbonyl (C=O) groups excluding carboxylic acids is 1. The second kappa shape index (κ2) is 12.3. The van der Waals surface area contributed by atoms with Gasteiger partial charge in [0.25, 0.3) is 0 Å². The van der Waals surface area contributed by atoms with E-state index in [1.165, 1.54) is 24.9 Å². The van der Waals surface area contributed by atoms with Crippen LogP contribution in [0, 0.1) is 18.8 Å². The van der Waals surface area contributed by atoms with Gasteiger partial charge in [-0.15, -0.1) is 0 Å². The summed E-state index contributed by atoms with van der Waals surface area (Å²) in [5.41, 5.74) is 2.32. The summed E-state index contributed by atoms with van der Waals surface area (Å²) in [6.07, 6.45) is 7.22. The molecule has 1 aromatic carbocycles. The van der Waals surface area contributed by atoms with Gasteiger partial charge in [0.2, 0.25) is 5.91 Å². The average molecular weight is 465 g/mol. The van der Waals surface area contributed by atoms with E-state index in [1.807, 2.05) is 19.1 Å². The van der Waals surface area contributed by atoms with Crippen LogP contribution in [0.3, 0.4) is 0 Å². The molecule has 6 nitrogen and oxygen atoms in total. The molecule has 2 aromatic rings. The summed E-state index contributed by atoms with van der Waals surface area (Å²) in [4.78, 5) is 22.3. The van der Waals surface area contributed by atoms with E-state index >= 15 is 0 Å². The van der Waals surface area contributed by atoms with Crippen molar-refractivity contribution in [2.75, 3.05) is 46.4 Å². The molecule has 0 aliphatic carbocycles. The van der Waals surface area contributed by atoms with Gasteiger partial charge in [-0.05, 0) is 70.3 Å². The zero-order valence-corrected chi connectivity index (χ0v) is 20.8. The quantitative estimate of drug-likeness (QED) is 0.583. The second-order valence-corrected chi connectivity index (χ2v) is 10.1. The van der Waals surface area contributed by atoms with Gasteiger partial charge in [0.1, 0.15) is 5.75 Å². The van der Waals surface area contributed by atoms with Crippen LogP contribution >= 0.6 is 0 Å². The Morgan fingerprint density at radius 3 is 2.76 bits per heavy atom. The molecule has 184 valence electrons. The van der Waals surface area contributed by atoms with Gasteiger partial charge < -0.3 is 19.9 Å². The number of nitrogens with zero attached hydrogens (tertiary/aromatic N) is 3. The minimum Gasteiger partial charge on any atom is -0.492 e. The van der Waals surface area contributed by atoms with Crippen LogP contribution in [0.5, 0.6) is 5.75 Å². The number of aryl methyl sites for hydroxylation is 1. The van der Waals surface area contributed by atoms with Gasteiger partial charge in [0, 0.05) is 43.8 Å². The summed E-state index contributed by atoms with van der Waals surface area (Å²) in [7, 11) is 2.19. The third-order valence-electron chi connectivity index (χ3n) is 7.36. The van der Waals surface area contributed by atoms with Crippen LogP contribution < -0.4 is 10.1 Å². The van der Waals surface area contributed by atoms with Gasteiger partial charge in [0.05, 0.1) is 18.7 Å². The van der Waals surface area contributed by atoms with Crippen molar-refractivity contribution in [2.24, 2.45) is 11.8 Å². The molecule has 0 spiro atoms. The molecule has 3 atom stereocenters. The number of benzene rings is 1. The lowest BCUT2D eigenvalue weighted by Gasteiger charge is -2.37. The standard InChI is InChI=1S/C28H40N4O2/c1-22-10-11-27(18-30-22)34-21-24-17-25(28(33)29-14-12-26-9-6-15-31(26)2)20-32(19-24)16-13-23-7-4-3-5-8-23/h3-5,7-8,10-11,18,24-26H,6,9,12-17,19-21H2,1-2H3,(H,29,33)/t24-,25+,26+/m0/s1. The first-order valence-corrected chi connectivity index (χ1v) is 12.9. The molecule has 1 N–H and O–H groups in total. The molecule has 0 unspecified atom stereocenters. The van der Waals surface area contributed by atoms with E-state index in [0.717, 1.165) is 56.9 Å². The molecule has 1 amide bonds. The van der Waals surface area contributed by atoms with Crippen molar-refractivity contribution in [3.63, 3.8) is 0 Å². The predicted molar refractivity (Wildman–Crippen MR) is 136 cm³/mol. The van der Waals surface area contributed by atoms with Crippen LogP contribution in [0.25, 0.3) is 0 Å². The number of amides is 1. The third-order valence-corrected chi connectivity index (χ3v) is 7.36. The monoisotopic (exact) mass is 464 g/mol. The molecule has 0 saturated carbocycles. The normalized spacial score (nSPS) is 23.6. The Balaban J connectivity index is 1.32. The Bertz CT molecular complexity index is 889. The molecule has 0 radical (unpaired) electrons. The molecule has 34 heavy (non-hydrogen) atoms. The molecule has 3 heterocycles. The molecule has 2 aliphatic rings. The minimum absolute atomic E-state index is 0.00979. The molecular weight excluding hydrogens is 424 g/mol. The summed E-state index contributed by atoms with van der Waals surface area (Å²) in [6, 6.07) is 15.2. The Labute approximate surface area is 204 Å². The number of likely N-dealkylation sites (tertiary alicyclic amines) is 2. The van der Waals surface area contributed by atoms with Crippen molar-refractivity contribution in [3.05, 3.63) is 59.9 Å². The zero-order valence-electron chi connectivity index (χ0n) is 20.8. The molecule has 2 saturated heterocycles. The first-order chi connectivity index (χ1) is 16.6. The van der Waals surface area contributed by atoms with E-state index in [4.69, 9.17) is 4.74 Å². The molecule has 2 aliphatic heterocycles. The van der Waals surface area contributed by atoms with Crippen LogP contribution in [-0.2, 0) is 11.2 Å². The minimum atomic E-state index is 0.00979. The van der Waals surface area contributed by atoms with Gasteiger partial charge in [-0.1, -0.05) is 30.3 Å². The first-order valence-electron chi connectivity index (χ1n) is 12.9. The number of hydrogen-bond donors (Lipinski definition) is 1. The van der Waals surface area contributed by atoms with Crippen molar-refractivity contribution in [1.29, 1.82) is 0 Å². The summed E-state index contributed by atoms with van der Waals surface area (Å²) in [5, 5.41) is 3.25. The fraction of sp³-hybridized carbons (Fsp3) is 0.571. The zero-order chi connectivity index (χ0) is 23.8. The van der Waals surface area contributed by atoms with E-state index in [9.17, 15) is 4.79 Å². The lowest BCUT2D eigenvalue weighted by molar-refractivity contribution is -0.127. The van der Waals surface area contributed by atoms with Crippen molar-refractivity contribution in [2.45, 2.75) is 45.1 Å². The first kappa shape index (κ1) is 24.7. The highest BCUT2D eigenvalue weighted by Gasteiger charge is 2.32. The third kappa shape index (κ3) is 7.28. The van der Waals surface area contributed by atoms with Crippen molar-refractivity contribution >= 4 is 5.91 Å². The largest absolute Gasteiger partial charge is 0.492 e. The number of ether oxygens (including phenoxy) is 1. The molecule has 6 heteroatoms. The van der Waals surface area contributed by atoms with E-state index in [-0.39, 0.29) is 11.8 Å². The number of nitrogens with one attached hydrogen (secondary N) is 1. The maximum Gasteiger partial charge on any atom is 0.224 e. The Morgan fingerprint density at radius 1 is 1.18 bits per heavy atom. The lowest BCUT2D eigenvalue weighted by atomic mass is 9.88. The highest BCUT2D eigenvalue weighted by molar-refractivity contribution is 5.79. The number of hydrogen-bond acceptors (Lipinski definition) is 5. The van der Waals surface area contributed by atoms with Gasteiger partial charge in [-0.2, -0.15) is 0 Å². The van der Waals surface area contributed by atoms with Crippen molar-refractivity contribution < 1.29 is 9.53 Å². The van der Waals surface area contributed by atoms with E-state index in [1.54, 1.807) is 6.20 Å². The number of rotatable bonds is 10. The van der Waals surface area contributed by atoms with Crippen LogP contribution in [0.1, 0.15) is 36.9 Å². The lowest BCUT2D eigenvalue weighted by Crippen LogP contribution is -2.48. The summed E-state index contributed by atoms with van der Waals surface area (Å²) in [5.74, 6) is 1.33. The average Bonchev–Trinajstić information content (AvgIpc) is 3.27. The van der Waals surface area contributed by atoms with Crippen LogP contribution in [-0.4, -0.2) is 73.1 Å². The summed E-state index contributed by atoms with van der Waals surface area (Å²) >= 11 is 0. The van der Waals surface area contributed by atoms with E-state index < -0.39 is 0 Å². The number of pyridine rings is 1. The topological polar surface area (TPSA) is 57.7 Å². The van der Waals surface area contributed by atoms with Gasteiger partial charge >= 0.3 is 0 Å². The number of piperidine rings is 1. The SMILES string of the molecule is Cc1ccc(OC[C@H]2C[C@@H](C(=O)NCC[C@H]3CCCN3C)CN(CCc3ccccc3)C2)cn1. The molecule has 0 bridgehead atoms. The summed E-state index contributed by atoms with van der Waals surface area (Å²) in [6.45, 7) is 7.28. The summed E-state index contributed by atoms with van der Waals surface area (Å²) < 4.78 is 6.07. The van der Waals surface area contributed by atoms with Gasteiger partial charge in [-0.25, -0.2) is 0 Å². The number of carbonyl (C=O) groups is 1. The maximum absolute atomic E-state index is 13.1. The number of aromatic nitrogens is 1. The smallest absolute Gasteiger partial charge is 0.224 e. The highest BCUT2D eigenvalue weighted by atomic mass is 16.5. The van der Waals surface area contributed by atoms with E-state index in [0.29, 0.717) is 18.6 Å². The van der Waals surface area contributed by atoms with Crippen LogP contribution in [0.4, 0.5) is 0 Å². The van der Waals surface area contributed by atoms with Crippen molar-refractivity contribution in [3.8, 4) is 5.75 Å². The molecule has 2 fully saturated rings. The predicted octanol–water partition coefficient (Wildman–Crippen LogP) is 3.55. The molecule has 1 aromatic heterocycles. The van der Waals surface area contributed by atoms with E-state index in [2.05, 4.69) is 57.5 Å². The van der Waals surface area contributed by atoms with Gasteiger partial charge in [0.15, 0.2) is 0 Å². The molecule has 4 rings (SSSR count). The Morgan fingerprint density at radius 2 is 2.03 bits per heavy atom. The fourth-order valence-corrected chi connectivity index (χ4v) is 5.33. The maximum atomic E-state index is 13.1. The van der Waals surface area contributed by atoms with Crippen LogP contribution in [0.15, 0.2) is 48.7 Å². The van der Waals surface area contributed by atoms with Crippen LogP contribution in [0.2, 0.25) is 0 Å².